The van der Waals surface area contributed by atoms with Gasteiger partial charge in [0, 0.05) is 13.1 Å². The van der Waals surface area contributed by atoms with Crippen LogP contribution in [0.2, 0.25) is 0 Å². The van der Waals surface area contributed by atoms with Gasteiger partial charge in [-0.15, -0.1) is 0 Å². The summed E-state index contributed by atoms with van der Waals surface area (Å²) < 4.78 is 0. The Bertz CT molecular complexity index is 182. The Morgan fingerprint density at radius 3 is 2.73 bits per heavy atom. The molecule has 15 heavy (non-hydrogen) atoms. The van der Waals surface area contributed by atoms with Gasteiger partial charge < -0.3 is 15.1 Å². The van der Waals surface area contributed by atoms with Gasteiger partial charge in [-0.3, -0.25) is 0 Å². The van der Waals surface area contributed by atoms with E-state index in [-0.39, 0.29) is 0 Å². The highest BCUT2D eigenvalue weighted by molar-refractivity contribution is 4.87. The molecule has 0 radical (unpaired) electrons. The summed E-state index contributed by atoms with van der Waals surface area (Å²) in [6.07, 6.45) is 2.64. The van der Waals surface area contributed by atoms with Crippen molar-refractivity contribution < 1.29 is 0 Å². The molecule has 0 saturated carbocycles. The molecule has 90 valence electrons. The minimum Gasteiger partial charge on any atom is -0.319 e. The lowest BCUT2D eigenvalue weighted by Gasteiger charge is -2.24. The largest absolute Gasteiger partial charge is 0.319 e. The normalized spacial score (nSPS) is 27.8. The average Bonchev–Trinajstić information content (AvgIpc) is 2.47. The molecule has 1 fully saturated rings. The number of nitrogens with one attached hydrogen (secondary N) is 1. The first kappa shape index (κ1) is 12.9. The van der Waals surface area contributed by atoms with Gasteiger partial charge in [-0.05, 0) is 59.0 Å². The lowest BCUT2D eigenvalue weighted by Crippen LogP contribution is -2.33. The Hall–Kier alpha value is -0.120. The van der Waals surface area contributed by atoms with Crippen molar-refractivity contribution in [2.75, 3.05) is 53.9 Å². The molecule has 1 rings (SSSR count). The van der Waals surface area contributed by atoms with Crippen LogP contribution in [0.3, 0.4) is 0 Å². The summed E-state index contributed by atoms with van der Waals surface area (Å²) >= 11 is 0. The molecule has 1 atom stereocenters. The second-order valence-corrected chi connectivity index (χ2v) is 5.52. The maximum Gasteiger partial charge on any atom is 0.00480 e. The van der Waals surface area contributed by atoms with Gasteiger partial charge >= 0.3 is 0 Å². The number of likely N-dealkylation sites (tertiary alicyclic amines) is 1. The lowest BCUT2D eigenvalue weighted by molar-refractivity contribution is 0.257. The van der Waals surface area contributed by atoms with Crippen LogP contribution in [0.15, 0.2) is 0 Å². The van der Waals surface area contributed by atoms with E-state index in [1.165, 1.54) is 39.0 Å². The van der Waals surface area contributed by atoms with Crippen molar-refractivity contribution in [2.24, 2.45) is 5.41 Å². The third-order valence-electron chi connectivity index (χ3n) is 3.32. The van der Waals surface area contributed by atoms with Gasteiger partial charge in [0.2, 0.25) is 0 Å². The van der Waals surface area contributed by atoms with Crippen molar-refractivity contribution in [1.82, 2.24) is 15.1 Å². The molecule has 0 aromatic heterocycles. The molecule has 0 spiro atoms. The summed E-state index contributed by atoms with van der Waals surface area (Å²) in [7, 11) is 6.35. The summed E-state index contributed by atoms with van der Waals surface area (Å²) in [4.78, 5) is 4.88. The van der Waals surface area contributed by atoms with Crippen LogP contribution in [-0.2, 0) is 0 Å². The van der Waals surface area contributed by atoms with Crippen LogP contribution in [-0.4, -0.2) is 63.7 Å². The monoisotopic (exact) mass is 213 g/mol. The minimum absolute atomic E-state index is 0.507. The zero-order chi connectivity index (χ0) is 11.3. The fourth-order valence-corrected chi connectivity index (χ4v) is 2.50. The van der Waals surface area contributed by atoms with E-state index in [1.807, 2.05) is 0 Å². The second kappa shape index (κ2) is 5.83. The van der Waals surface area contributed by atoms with Gasteiger partial charge in [0.25, 0.3) is 0 Å². The van der Waals surface area contributed by atoms with Crippen LogP contribution in [0, 0.1) is 5.41 Å². The Morgan fingerprint density at radius 2 is 2.13 bits per heavy atom. The van der Waals surface area contributed by atoms with E-state index in [9.17, 15) is 0 Å². The molecular formula is C12H27N3. The van der Waals surface area contributed by atoms with Crippen LogP contribution in [0.1, 0.15) is 19.8 Å². The Kier molecular flexibility index (Phi) is 5.03. The molecule has 1 saturated heterocycles. The molecule has 1 aliphatic rings. The summed E-state index contributed by atoms with van der Waals surface area (Å²) in [5.74, 6) is 0. The fraction of sp³-hybridized carbons (Fsp3) is 1.00. The number of hydrogen-bond donors (Lipinski definition) is 1. The van der Waals surface area contributed by atoms with E-state index in [0.29, 0.717) is 5.41 Å². The third kappa shape index (κ3) is 4.49. The first-order chi connectivity index (χ1) is 7.06. The van der Waals surface area contributed by atoms with E-state index in [2.05, 4.69) is 43.2 Å². The summed E-state index contributed by atoms with van der Waals surface area (Å²) in [5, 5.41) is 3.31. The van der Waals surface area contributed by atoms with E-state index in [4.69, 9.17) is 0 Å². The minimum atomic E-state index is 0.507. The number of hydrogen-bond acceptors (Lipinski definition) is 3. The zero-order valence-corrected chi connectivity index (χ0v) is 10.8. The number of nitrogens with zero attached hydrogens (tertiary/aromatic N) is 2. The van der Waals surface area contributed by atoms with E-state index in [0.717, 1.165) is 6.54 Å². The molecule has 0 aromatic carbocycles. The molecule has 1 unspecified atom stereocenters. The highest BCUT2D eigenvalue weighted by Crippen LogP contribution is 2.28. The topological polar surface area (TPSA) is 18.5 Å². The van der Waals surface area contributed by atoms with Crippen LogP contribution >= 0.6 is 0 Å². The van der Waals surface area contributed by atoms with Crippen molar-refractivity contribution >= 4 is 0 Å². The Labute approximate surface area is 94.8 Å². The molecule has 1 aliphatic heterocycles. The van der Waals surface area contributed by atoms with Crippen LogP contribution in [0.25, 0.3) is 0 Å². The van der Waals surface area contributed by atoms with Crippen molar-refractivity contribution in [2.45, 2.75) is 19.8 Å². The van der Waals surface area contributed by atoms with Crippen LogP contribution in [0.4, 0.5) is 0 Å². The lowest BCUT2D eigenvalue weighted by atomic mass is 9.90. The predicted octanol–water partition coefficient (Wildman–Crippen LogP) is 0.870. The van der Waals surface area contributed by atoms with E-state index >= 15 is 0 Å². The van der Waals surface area contributed by atoms with Crippen molar-refractivity contribution in [3.8, 4) is 0 Å². The maximum absolute atomic E-state index is 3.31. The zero-order valence-electron chi connectivity index (χ0n) is 10.8. The molecule has 0 bridgehead atoms. The van der Waals surface area contributed by atoms with Crippen molar-refractivity contribution in [1.29, 1.82) is 0 Å². The maximum atomic E-state index is 3.31. The molecule has 3 heteroatoms. The molecule has 0 aromatic rings. The van der Waals surface area contributed by atoms with E-state index < -0.39 is 0 Å². The highest BCUT2D eigenvalue weighted by atomic mass is 15.2. The highest BCUT2D eigenvalue weighted by Gasteiger charge is 2.32. The average molecular weight is 213 g/mol. The first-order valence-electron chi connectivity index (χ1n) is 6.07. The van der Waals surface area contributed by atoms with Crippen molar-refractivity contribution in [3.05, 3.63) is 0 Å². The Morgan fingerprint density at radius 1 is 1.40 bits per heavy atom. The SMILES string of the molecule is CNCC1(C)CCN(CCCN(C)C)C1. The van der Waals surface area contributed by atoms with Gasteiger partial charge in [0.1, 0.15) is 0 Å². The molecular weight excluding hydrogens is 186 g/mol. The van der Waals surface area contributed by atoms with Gasteiger partial charge in [-0.1, -0.05) is 6.92 Å². The first-order valence-corrected chi connectivity index (χ1v) is 6.07. The van der Waals surface area contributed by atoms with Gasteiger partial charge in [0.15, 0.2) is 0 Å². The van der Waals surface area contributed by atoms with Gasteiger partial charge in [0.05, 0.1) is 0 Å². The quantitative estimate of drug-likeness (QED) is 0.706. The van der Waals surface area contributed by atoms with Crippen LogP contribution in [0.5, 0.6) is 0 Å². The van der Waals surface area contributed by atoms with Gasteiger partial charge in [-0.25, -0.2) is 0 Å². The summed E-state index contributed by atoms with van der Waals surface area (Å²) in [6.45, 7) is 8.57. The second-order valence-electron chi connectivity index (χ2n) is 5.52. The summed E-state index contributed by atoms with van der Waals surface area (Å²) in [5.41, 5.74) is 0.507. The predicted molar refractivity (Wildman–Crippen MR) is 66.3 cm³/mol. The third-order valence-corrected chi connectivity index (χ3v) is 3.32. The fourth-order valence-electron chi connectivity index (χ4n) is 2.50. The molecule has 1 heterocycles. The van der Waals surface area contributed by atoms with Crippen LogP contribution < -0.4 is 5.32 Å². The number of rotatable bonds is 6. The Balaban J connectivity index is 2.18. The van der Waals surface area contributed by atoms with E-state index in [1.54, 1.807) is 0 Å². The molecule has 0 aliphatic carbocycles. The molecule has 0 amide bonds. The smallest absolute Gasteiger partial charge is 0.00480 e. The molecule has 1 N–H and O–H groups in total. The standard InChI is InChI=1S/C12H27N3/c1-12(10-13-2)6-9-15(11-12)8-5-7-14(3)4/h13H,5-11H2,1-4H3. The summed E-state index contributed by atoms with van der Waals surface area (Å²) in [6, 6.07) is 0. The van der Waals surface area contributed by atoms with Gasteiger partial charge in [-0.2, -0.15) is 0 Å². The van der Waals surface area contributed by atoms with Crippen molar-refractivity contribution in [3.63, 3.8) is 0 Å². The molecule has 3 nitrogen and oxygen atoms in total.